The van der Waals surface area contributed by atoms with Crippen LogP contribution in [0, 0.1) is 0 Å². The molecule has 32 heavy (non-hydrogen) atoms. The van der Waals surface area contributed by atoms with Gasteiger partial charge in [0.05, 0.1) is 17.1 Å². The number of nitrogens with zero attached hydrogens (tertiary/aromatic N) is 3. The van der Waals surface area contributed by atoms with Crippen LogP contribution < -0.4 is 16.0 Å². The molecule has 0 amide bonds. The van der Waals surface area contributed by atoms with Gasteiger partial charge < -0.3 is 4.57 Å². The molecular weight excluding hydrogens is 442 g/mol. The van der Waals surface area contributed by atoms with Gasteiger partial charge in [0.2, 0.25) is 0 Å². The first kappa shape index (κ1) is 20.7. The summed E-state index contributed by atoms with van der Waals surface area (Å²) in [6.45, 7) is 3.61. The number of thiophene rings is 1. The number of aromatic nitrogens is 4. The van der Waals surface area contributed by atoms with E-state index in [1.807, 2.05) is 31.2 Å². The highest BCUT2D eigenvalue weighted by Gasteiger charge is 2.13. The van der Waals surface area contributed by atoms with Crippen LogP contribution in [0.15, 0.2) is 74.7 Å². The average Bonchev–Trinajstić information content (AvgIpc) is 3.41. The Morgan fingerprint density at radius 1 is 1.09 bits per heavy atom. The number of aryl methyl sites for hydroxylation is 1. The first-order chi connectivity index (χ1) is 15.6. The Hall–Kier alpha value is -3.14. The fraction of sp³-hybridized carbons (Fsp3) is 0.174. The third-order valence-corrected chi connectivity index (χ3v) is 7.33. The molecule has 2 N–H and O–H groups in total. The highest BCUT2D eigenvalue weighted by molar-refractivity contribution is 7.99. The van der Waals surface area contributed by atoms with E-state index in [-0.39, 0.29) is 0 Å². The van der Waals surface area contributed by atoms with Gasteiger partial charge >= 0.3 is 5.69 Å². The van der Waals surface area contributed by atoms with Gasteiger partial charge in [-0.15, -0.1) is 11.3 Å². The third kappa shape index (κ3) is 4.02. The number of imidazole rings is 1. The molecule has 0 saturated heterocycles. The monoisotopic (exact) mass is 463 g/mol. The summed E-state index contributed by atoms with van der Waals surface area (Å²) in [5.74, 6) is 0. The van der Waals surface area contributed by atoms with E-state index in [1.165, 1.54) is 18.9 Å². The highest BCUT2D eigenvalue weighted by atomic mass is 32.2. The van der Waals surface area contributed by atoms with Crippen LogP contribution in [0.3, 0.4) is 0 Å². The second-order valence-corrected chi connectivity index (χ2v) is 9.67. The van der Waals surface area contributed by atoms with Gasteiger partial charge in [-0.25, -0.2) is 9.78 Å². The number of aromatic amines is 1. The first-order valence-electron chi connectivity index (χ1n) is 10.3. The Morgan fingerprint density at radius 2 is 1.88 bits per heavy atom. The Morgan fingerprint density at radius 3 is 2.66 bits per heavy atom. The molecule has 0 saturated carbocycles. The van der Waals surface area contributed by atoms with E-state index in [2.05, 4.69) is 45.0 Å². The molecule has 0 radical (unpaired) electrons. The molecule has 0 fully saturated rings. The molecular formula is C23H21N5O2S2. The number of benzene rings is 2. The van der Waals surface area contributed by atoms with Crippen LogP contribution >= 0.6 is 23.3 Å². The molecule has 0 unspecified atom stereocenters. The van der Waals surface area contributed by atoms with Crippen molar-refractivity contribution in [2.24, 2.45) is 0 Å². The molecule has 162 valence electrons. The van der Waals surface area contributed by atoms with Crippen LogP contribution in [0.25, 0.3) is 21.3 Å². The van der Waals surface area contributed by atoms with Crippen molar-refractivity contribution >= 4 is 44.5 Å². The minimum Gasteiger partial charge on any atom is -0.325 e. The van der Waals surface area contributed by atoms with Gasteiger partial charge in [0, 0.05) is 17.8 Å². The molecule has 0 spiro atoms. The topological polar surface area (TPSA) is 84.7 Å². The predicted molar refractivity (Wildman–Crippen MR) is 130 cm³/mol. The Bertz CT molecular complexity index is 1480. The summed E-state index contributed by atoms with van der Waals surface area (Å²) in [6, 6.07) is 18.7. The molecule has 0 aliphatic heterocycles. The van der Waals surface area contributed by atoms with Crippen LogP contribution in [-0.4, -0.2) is 19.1 Å². The fourth-order valence-corrected chi connectivity index (χ4v) is 5.62. The van der Waals surface area contributed by atoms with Crippen LogP contribution in [0.2, 0.25) is 0 Å². The lowest BCUT2D eigenvalue weighted by molar-refractivity contribution is 0.742. The zero-order chi connectivity index (χ0) is 22.1. The summed E-state index contributed by atoms with van der Waals surface area (Å²) in [4.78, 5) is 31.3. The SMILES string of the molecule is CCn1cnc2c1c(=O)[nH]c(=O)n2Cc1ccc(CNSc2cc3ccccc3s2)cc1. The van der Waals surface area contributed by atoms with Crippen LogP contribution in [-0.2, 0) is 19.6 Å². The number of rotatable bonds is 7. The van der Waals surface area contributed by atoms with E-state index in [9.17, 15) is 9.59 Å². The molecule has 0 aliphatic carbocycles. The molecule has 3 aromatic heterocycles. The van der Waals surface area contributed by atoms with Gasteiger partial charge in [-0.2, -0.15) is 0 Å². The van der Waals surface area contributed by atoms with Crippen molar-refractivity contribution in [2.45, 2.75) is 30.8 Å². The van der Waals surface area contributed by atoms with Gasteiger partial charge in [-0.1, -0.05) is 42.5 Å². The van der Waals surface area contributed by atoms with Crippen molar-refractivity contribution in [3.63, 3.8) is 0 Å². The molecule has 9 heteroatoms. The van der Waals surface area contributed by atoms with E-state index in [4.69, 9.17) is 0 Å². The zero-order valence-electron chi connectivity index (χ0n) is 17.4. The maximum Gasteiger partial charge on any atom is 0.330 e. The molecule has 3 heterocycles. The molecule has 7 nitrogen and oxygen atoms in total. The van der Waals surface area contributed by atoms with E-state index in [1.54, 1.807) is 34.2 Å². The molecule has 5 aromatic rings. The minimum absolute atomic E-state index is 0.344. The summed E-state index contributed by atoms with van der Waals surface area (Å²) in [7, 11) is 0. The summed E-state index contributed by atoms with van der Waals surface area (Å²) >= 11 is 3.41. The van der Waals surface area contributed by atoms with Crippen molar-refractivity contribution in [2.75, 3.05) is 0 Å². The molecule has 0 aliphatic rings. The molecule has 0 bridgehead atoms. The summed E-state index contributed by atoms with van der Waals surface area (Å²) in [5, 5.41) is 1.27. The Labute approximate surface area is 191 Å². The predicted octanol–water partition coefficient (Wildman–Crippen LogP) is 3.97. The number of fused-ring (bicyclic) bond motifs is 2. The summed E-state index contributed by atoms with van der Waals surface area (Å²) in [5.41, 5.74) is 2.09. The van der Waals surface area contributed by atoms with Gasteiger partial charge in [0.25, 0.3) is 5.56 Å². The first-order valence-corrected chi connectivity index (χ1v) is 11.9. The van der Waals surface area contributed by atoms with E-state index < -0.39 is 11.2 Å². The Kier molecular flexibility index (Phi) is 5.69. The van der Waals surface area contributed by atoms with E-state index in [0.717, 1.165) is 17.7 Å². The van der Waals surface area contributed by atoms with Crippen molar-refractivity contribution in [3.05, 3.63) is 92.9 Å². The maximum absolute atomic E-state index is 12.4. The standard InChI is InChI=1S/C23H21N5O2S2/c1-2-27-14-24-21-20(27)22(29)26-23(30)28(21)13-16-9-7-15(8-10-16)12-25-32-19-11-17-5-3-4-6-18(17)31-19/h3-11,14,25H,2,12-13H2,1H3,(H,26,29,30). The molecule has 2 aromatic carbocycles. The normalized spacial score (nSPS) is 11.5. The number of hydrogen-bond acceptors (Lipinski definition) is 6. The smallest absolute Gasteiger partial charge is 0.325 e. The van der Waals surface area contributed by atoms with E-state index >= 15 is 0 Å². The highest BCUT2D eigenvalue weighted by Crippen LogP contribution is 2.31. The molecule has 5 rings (SSSR count). The van der Waals surface area contributed by atoms with Crippen LogP contribution in [0.1, 0.15) is 18.1 Å². The van der Waals surface area contributed by atoms with Crippen molar-refractivity contribution < 1.29 is 0 Å². The lowest BCUT2D eigenvalue weighted by atomic mass is 10.1. The van der Waals surface area contributed by atoms with Crippen molar-refractivity contribution in [3.8, 4) is 0 Å². The third-order valence-electron chi connectivity index (χ3n) is 5.31. The maximum atomic E-state index is 12.4. The minimum atomic E-state index is -0.450. The largest absolute Gasteiger partial charge is 0.330 e. The van der Waals surface area contributed by atoms with E-state index in [0.29, 0.717) is 24.3 Å². The molecule has 0 atom stereocenters. The lowest BCUT2D eigenvalue weighted by Gasteiger charge is -2.08. The second-order valence-electron chi connectivity index (χ2n) is 7.39. The zero-order valence-corrected chi connectivity index (χ0v) is 19.0. The average molecular weight is 464 g/mol. The van der Waals surface area contributed by atoms with Gasteiger partial charge in [-0.3, -0.25) is 19.1 Å². The summed E-state index contributed by atoms with van der Waals surface area (Å²) in [6.07, 6.45) is 1.60. The quantitative estimate of drug-likeness (QED) is 0.357. The van der Waals surface area contributed by atoms with Gasteiger partial charge in [-0.05, 0) is 47.5 Å². The fourth-order valence-electron chi connectivity index (χ4n) is 3.65. The summed E-state index contributed by atoms with van der Waals surface area (Å²) < 4.78 is 9.19. The number of nitrogens with one attached hydrogen (secondary N) is 2. The Balaban J connectivity index is 1.27. The van der Waals surface area contributed by atoms with Crippen molar-refractivity contribution in [1.82, 2.24) is 23.8 Å². The lowest BCUT2D eigenvalue weighted by Crippen LogP contribution is -2.31. The van der Waals surface area contributed by atoms with Crippen LogP contribution in [0.5, 0.6) is 0 Å². The second kappa shape index (κ2) is 8.78. The van der Waals surface area contributed by atoms with Crippen molar-refractivity contribution in [1.29, 1.82) is 0 Å². The van der Waals surface area contributed by atoms with Gasteiger partial charge in [0.1, 0.15) is 0 Å². The van der Waals surface area contributed by atoms with Crippen LogP contribution in [0.4, 0.5) is 0 Å². The number of hydrogen-bond donors (Lipinski definition) is 2. The number of H-pyrrole nitrogens is 1. The van der Waals surface area contributed by atoms with Gasteiger partial charge in [0.15, 0.2) is 11.2 Å².